The van der Waals surface area contributed by atoms with E-state index in [9.17, 15) is 9.18 Å². The molecule has 1 amide bonds. The van der Waals surface area contributed by atoms with Crippen molar-refractivity contribution in [1.82, 2.24) is 14.7 Å². The van der Waals surface area contributed by atoms with Crippen LogP contribution in [0.25, 0.3) is 0 Å². The largest absolute Gasteiger partial charge is 0.484 e. The van der Waals surface area contributed by atoms with Crippen LogP contribution in [0.5, 0.6) is 5.75 Å². The zero-order valence-corrected chi connectivity index (χ0v) is 17.3. The van der Waals surface area contributed by atoms with E-state index in [0.29, 0.717) is 17.2 Å². The van der Waals surface area contributed by atoms with Gasteiger partial charge in [-0.3, -0.25) is 9.69 Å². The number of hydrogen-bond donors (Lipinski definition) is 0. The molecule has 0 radical (unpaired) electrons. The molecular weight excluding hydrogens is 373 g/mol. The Morgan fingerprint density at radius 2 is 1.86 bits per heavy atom. The zero-order chi connectivity index (χ0) is 20.3. The predicted molar refractivity (Wildman–Crippen MR) is 108 cm³/mol. The number of ether oxygens (including phenoxy) is 2. The Hall–Kier alpha value is -1.70. The summed E-state index contributed by atoms with van der Waals surface area (Å²) in [7, 11) is 2.24. The molecule has 1 atom stereocenters. The maximum absolute atomic E-state index is 13.0. The lowest BCUT2D eigenvalue weighted by atomic mass is 9.76. The number of amides is 1. The quantitative estimate of drug-likeness (QED) is 0.748. The first-order valence-corrected chi connectivity index (χ1v) is 10.7. The number of carbonyl (C=O) groups is 1. The van der Waals surface area contributed by atoms with Gasteiger partial charge in [-0.05, 0) is 56.0 Å². The van der Waals surface area contributed by atoms with Crippen molar-refractivity contribution in [3.05, 3.63) is 30.1 Å². The van der Waals surface area contributed by atoms with Crippen LogP contribution in [0.2, 0.25) is 0 Å². The van der Waals surface area contributed by atoms with Crippen LogP contribution in [-0.2, 0) is 9.53 Å². The molecule has 0 bridgehead atoms. The maximum Gasteiger partial charge on any atom is 0.260 e. The molecule has 7 heteroatoms. The Balaban J connectivity index is 1.24. The first-order chi connectivity index (χ1) is 14.0. The summed E-state index contributed by atoms with van der Waals surface area (Å²) in [6, 6.07) is 6.38. The van der Waals surface area contributed by atoms with Gasteiger partial charge < -0.3 is 19.3 Å². The van der Waals surface area contributed by atoms with Gasteiger partial charge in [0.1, 0.15) is 11.6 Å². The third-order valence-corrected chi connectivity index (χ3v) is 6.80. The number of morpholine rings is 1. The topological polar surface area (TPSA) is 45.2 Å². The average molecular weight is 406 g/mol. The van der Waals surface area contributed by atoms with Gasteiger partial charge in [-0.25, -0.2) is 4.39 Å². The SMILES string of the molecule is CN1CC2(CCN(C(=O)COc3ccc(F)cc3)CC2)CC1CN1CCOCC1. The lowest BCUT2D eigenvalue weighted by Gasteiger charge is -2.39. The number of piperidine rings is 1. The number of halogens is 1. The lowest BCUT2D eigenvalue weighted by Crippen LogP contribution is -2.45. The third kappa shape index (κ3) is 5.08. The van der Waals surface area contributed by atoms with Gasteiger partial charge in [0.2, 0.25) is 0 Å². The van der Waals surface area contributed by atoms with Crippen LogP contribution in [-0.4, -0.2) is 92.8 Å². The van der Waals surface area contributed by atoms with Crippen molar-refractivity contribution >= 4 is 5.91 Å². The number of likely N-dealkylation sites (N-methyl/N-ethyl adjacent to an activating group) is 1. The number of hydrogen-bond acceptors (Lipinski definition) is 5. The monoisotopic (exact) mass is 405 g/mol. The van der Waals surface area contributed by atoms with E-state index in [4.69, 9.17) is 9.47 Å². The molecule has 3 saturated heterocycles. The molecule has 3 heterocycles. The summed E-state index contributed by atoms with van der Waals surface area (Å²) in [5, 5.41) is 0. The van der Waals surface area contributed by atoms with E-state index in [1.807, 2.05) is 4.90 Å². The van der Waals surface area contributed by atoms with Crippen LogP contribution < -0.4 is 4.74 Å². The Morgan fingerprint density at radius 3 is 2.55 bits per heavy atom. The molecule has 3 fully saturated rings. The van der Waals surface area contributed by atoms with Crippen molar-refractivity contribution in [2.75, 3.05) is 66.1 Å². The highest BCUT2D eigenvalue weighted by atomic mass is 19.1. The van der Waals surface area contributed by atoms with Crippen molar-refractivity contribution in [3.63, 3.8) is 0 Å². The highest BCUT2D eigenvalue weighted by Crippen LogP contribution is 2.43. The molecule has 4 rings (SSSR count). The van der Waals surface area contributed by atoms with Crippen molar-refractivity contribution < 1.29 is 18.7 Å². The van der Waals surface area contributed by atoms with Gasteiger partial charge in [-0.2, -0.15) is 0 Å². The van der Waals surface area contributed by atoms with E-state index in [0.717, 1.165) is 65.3 Å². The first kappa shape index (κ1) is 20.6. The number of nitrogens with zero attached hydrogens (tertiary/aromatic N) is 3. The molecule has 1 aromatic rings. The van der Waals surface area contributed by atoms with Crippen molar-refractivity contribution in [2.24, 2.45) is 5.41 Å². The summed E-state index contributed by atoms with van der Waals surface area (Å²) < 4.78 is 24.0. The second-order valence-electron chi connectivity index (χ2n) is 8.81. The van der Waals surface area contributed by atoms with E-state index < -0.39 is 0 Å². The minimum absolute atomic E-state index is 0.0121. The molecule has 0 N–H and O–H groups in total. The van der Waals surface area contributed by atoms with E-state index >= 15 is 0 Å². The fourth-order valence-corrected chi connectivity index (χ4v) is 5.02. The Bertz CT molecular complexity index is 685. The summed E-state index contributed by atoms with van der Waals surface area (Å²) in [4.78, 5) is 19.5. The molecule has 1 unspecified atom stereocenters. The van der Waals surface area contributed by atoms with Crippen molar-refractivity contribution in [3.8, 4) is 5.75 Å². The molecule has 0 saturated carbocycles. The maximum atomic E-state index is 13.0. The van der Waals surface area contributed by atoms with Crippen LogP contribution in [0, 0.1) is 11.2 Å². The molecule has 1 aromatic carbocycles. The standard InChI is InChI=1S/C22H32FN3O3/c1-24-17-22(14-19(24)15-25-10-12-28-13-11-25)6-8-26(9-7-22)21(27)16-29-20-4-2-18(23)3-5-20/h2-5,19H,6-17H2,1H3. The fourth-order valence-electron chi connectivity index (χ4n) is 5.02. The first-order valence-electron chi connectivity index (χ1n) is 10.7. The van der Waals surface area contributed by atoms with Gasteiger partial charge in [0, 0.05) is 45.3 Å². The van der Waals surface area contributed by atoms with Gasteiger partial charge in [0.15, 0.2) is 6.61 Å². The van der Waals surface area contributed by atoms with Crippen LogP contribution in [0.15, 0.2) is 24.3 Å². The minimum Gasteiger partial charge on any atom is -0.484 e. The predicted octanol–water partition coefficient (Wildman–Crippen LogP) is 1.85. The molecule has 3 aliphatic rings. The van der Waals surface area contributed by atoms with Crippen LogP contribution in [0.4, 0.5) is 4.39 Å². The van der Waals surface area contributed by atoms with E-state index in [1.54, 1.807) is 12.1 Å². The normalized spacial score (nSPS) is 25.4. The summed E-state index contributed by atoms with van der Waals surface area (Å²) in [6.07, 6.45) is 3.33. The lowest BCUT2D eigenvalue weighted by molar-refractivity contribution is -0.135. The van der Waals surface area contributed by atoms with Gasteiger partial charge >= 0.3 is 0 Å². The zero-order valence-electron chi connectivity index (χ0n) is 17.3. The molecule has 29 heavy (non-hydrogen) atoms. The molecular formula is C22H32FN3O3. The van der Waals surface area contributed by atoms with E-state index in [2.05, 4.69) is 16.8 Å². The number of benzene rings is 1. The summed E-state index contributed by atoms with van der Waals surface area (Å²) >= 11 is 0. The Labute approximate surface area is 172 Å². The molecule has 0 aromatic heterocycles. The van der Waals surface area contributed by atoms with Crippen LogP contribution in [0.1, 0.15) is 19.3 Å². The Kier molecular flexibility index (Phi) is 6.37. The highest BCUT2D eigenvalue weighted by Gasteiger charge is 2.45. The van der Waals surface area contributed by atoms with Crippen molar-refractivity contribution in [2.45, 2.75) is 25.3 Å². The molecule has 160 valence electrons. The molecule has 6 nitrogen and oxygen atoms in total. The number of carbonyl (C=O) groups excluding carboxylic acids is 1. The third-order valence-electron chi connectivity index (χ3n) is 6.80. The van der Waals surface area contributed by atoms with E-state index in [-0.39, 0.29) is 18.3 Å². The van der Waals surface area contributed by atoms with Crippen LogP contribution in [0.3, 0.4) is 0 Å². The average Bonchev–Trinajstić information content (AvgIpc) is 3.03. The van der Waals surface area contributed by atoms with Gasteiger partial charge in [-0.15, -0.1) is 0 Å². The van der Waals surface area contributed by atoms with Gasteiger partial charge in [0.05, 0.1) is 13.2 Å². The van der Waals surface area contributed by atoms with Gasteiger partial charge in [-0.1, -0.05) is 0 Å². The molecule has 0 aliphatic carbocycles. The second kappa shape index (κ2) is 8.98. The Morgan fingerprint density at radius 1 is 1.17 bits per heavy atom. The molecule has 3 aliphatic heterocycles. The molecule has 1 spiro atoms. The second-order valence-corrected chi connectivity index (χ2v) is 8.81. The smallest absolute Gasteiger partial charge is 0.260 e. The fraction of sp³-hybridized carbons (Fsp3) is 0.682. The number of rotatable bonds is 5. The van der Waals surface area contributed by atoms with Gasteiger partial charge in [0.25, 0.3) is 5.91 Å². The summed E-state index contributed by atoms with van der Waals surface area (Å²) in [6.45, 7) is 7.61. The van der Waals surface area contributed by atoms with Crippen molar-refractivity contribution in [1.29, 1.82) is 0 Å². The number of likely N-dealkylation sites (tertiary alicyclic amines) is 2. The van der Waals surface area contributed by atoms with E-state index in [1.165, 1.54) is 18.6 Å². The highest BCUT2D eigenvalue weighted by molar-refractivity contribution is 5.77. The minimum atomic E-state index is -0.307. The summed E-state index contributed by atoms with van der Waals surface area (Å²) in [5.74, 6) is 0.232. The summed E-state index contributed by atoms with van der Waals surface area (Å²) in [5.41, 5.74) is 0.334. The van der Waals surface area contributed by atoms with Crippen LogP contribution >= 0.6 is 0 Å².